The number of anilines is 1. The Bertz CT molecular complexity index is 1350. The number of nitrogens with zero attached hydrogens (tertiary/aromatic N) is 4. The monoisotopic (exact) mass is 485 g/mol. The molecule has 5 rings (SSSR count). The average molecular weight is 486 g/mol. The molecular formula is C28H31N5OS. The summed E-state index contributed by atoms with van der Waals surface area (Å²) >= 11 is 1.72. The van der Waals surface area contributed by atoms with Crippen molar-refractivity contribution in [3.05, 3.63) is 77.6 Å². The van der Waals surface area contributed by atoms with Crippen LogP contribution in [-0.2, 0) is 11.3 Å². The molecule has 6 nitrogen and oxygen atoms in total. The number of aryl methyl sites for hydroxylation is 2. The molecule has 35 heavy (non-hydrogen) atoms. The molecule has 1 amide bonds. The Morgan fingerprint density at radius 1 is 1.14 bits per heavy atom. The number of benzene rings is 2. The van der Waals surface area contributed by atoms with Crippen LogP contribution in [0.1, 0.15) is 29.5 Å². The van der Waals surface area contributed by atoms with Crippen LogP contribution in [0.25, 0.3) is 16.8 Å². The van der Waals surface area contributed by atoms with Gasteiger partial charge in [0.05, 0.1) is 11.6 Å². The Hall–Kier alpha value is -3.32. The summed E-state index contributed by atoms with van der Waals surface area (Å²) in [5.41, 5.74) is 6.61. The van der Waals surface area contributed by atoms with Crippen LogP contribution in [0.4, 0.5) is 5.82 Å². The Labute approximate surface area is 210 Å². The van der Waals surface area contributed by atoms with Crippen LogP contribution in [0.5, 0.6) is 0 Å². The molecule has 0 spiro atoms. The lowest BCUT2D eigenvalue weighted by Gasteiger charge is -2.33. The molecule has 1 atom stereocenters. The number of carbonyl (C=O) groups is 1. The maximum atomic E-state index is 13.0. The Morgan fingerprint density at radius 3 is 2.74 bits per heavy atom. The highest BCUT2D eigenvalue weighted by atomic mass is 32.2. The zero-order valence-electron chi connectivity index (χ0n) is 20.5. The topological polar surface area (TPSA) is 62.5 Å². The first-order chi connectivity index (χ1) is 17.0. The summed E-state index contributed by atoms with van der Waals surface area (Å²) < 4.78 is 1.90. The number of hydrogen-bond donors (Lipinski definition) is 1. The molecule has 2 aromatic heterocycles. The molecule has 0 saturated carbocycles. The Morgan fingerprint density at radius 2 is 1.97 bits per heavy atom. The molecule has 1 N–H and O–H groups in total. The second-order valence-electron chi connectivity index (χ2n) is 9.28. The minimum atomic E-state index is -0.0574. The van der Waals surface area contributed by atoms with Gasteiger partial charge in [-0.25, -0.2) is 9.50 Å². The number of piperidine rings is 1. The Kier molecular flexibility index (Phi) is 6.77. The number of aromatic nitrogens is 3. The van der Waals surface area contributed by atoms with Crippen LogP contribution in [0.2, 0.25) is 0 Å². The van der Waals surface area contributed by atoms with Gasteiger partial charge in [0.25, 0.3) is 0 Å². The summed E-state index contributed by atoms with van der Waals surface area (Å²) in [4.78, 5) is 21.2. The van der Waals surface area contributed by atoms with Gasteiger partial charge in [-0.05, 0) is 62.3 Å². The molecule has 7 heteroatoms. The van der Waals surface area contributed by atoms with Gasteiger partial charge in [-0.1, -0.05) is 35.9 Å². The summed E-state index contributed by atoms with van der Waals surface area (Å²) in [5.74, 6) is 0.944. The van der Waals surface area contributed by atoms with Crippen LogP contribution in [0.15, 0.2) is 65.8 Å². The highest BCUT2D eigenvalue weighted by molar-refractivity contribution is 7.98. The van der Waals surface area contributed by atoms with Crippen LogP contribution < -0.4 is 10.2 Å². The van der Waals surface area contributed by atoms with Crippen LogP contribution in [-0.4, -0.2) is 39.9 Å². The third kappa shape index (κ3) is 5.05. The zero-order chi connectivity index (χ0) is 24.4. The highest BCUT2D eigenvalue weighted by Gasteiger charge is 2.27. The SMILES string of the molecule is CSc1ccc(CNC(=O)[C@H]2CCCN(c3nccn4nc(-c5ccc(C)cc5C)cc34)C2)cc1. The normalized spacial score (nSPS) is 16.0. The summed E-state index contributed by atoms with van der Waals surface area (Å²) in [7, 11) is 0. The molecule has 1 aliphatic heterocycles. The predicted molar refractivity (Wildman–Crippen MR) is 143 cm³/mol. The van der Waals surface area contributed by atoms with Gasteiger partial charge in [0.2, 0.25) is 5.91 Å². The number of thioether (sulfide) groups is 1. The second-order valence-corrected chi connectivity index (χ2v) is 10.2. The minimum Gasteiger partial charge on any atom is -0.354 e. The second kappa shape index (κ2) is 10.1. The van der Waals surface area contributed by atoms with E-state index in [-0.39, 0.29) is 11.8 Å². The van der Waals surface area contributed by atoms with Gasteiger partial charge in [0.1, 0.15) is 5.52 Å². The molecule has 0 aliphatic carbocycles. The lowest BCUT2D eigenvalue weighted by Crippen LogP contribution is -2.43. The minimum absolute atomic E-state index is 0.0574. The summed E-state index contributed by atoms with van der Waals surface area (Å²) in [6, 6.07) is 16.9. The van der Waals surface area contributed by atoms with Crippen molar-refractivity contribution in [2.45, 2.75) is 38.1 Å². The number of nitrogens with one attached hydrogen (secondary N) is 1. The lowest BCUT2D eigenvalue weighted by atomic mass is 9.97. The summed E-state index contributed by atoms with van der Waals surface area (Å²) in [6.45, 7) is 6.33. The maximum Gasteiger partial charge on any atom is 0.225 e. The average Bonchev–Trinajstić information content (AvgIpc) is 3.31. The van der Waals surface area contributed by atoms with E-state index in [1.54, 1.807) is 18.0 Å². The molecule has 3 heterocycles. The molecule has 1 fully saturated rings. The molecule has 180 valence electrons. The van der Waals surface area contributed by atoms with E-state index < -0.39 is 0 Å². The fourth-order valence-corrected chi connectivity index (χ4v) is 5.25. The predicted octanol–water partition coefficient (Wildman–Crippen LogP) is 5.27. The van der Waals surface area contributed by atoms with E-state index >= 15 is 0 Å². The fourth-order valence-electron chi connectivity index (χ4n) is 4.84. The smallest absolute Gasteiger partial charge is 0.225 e. The number of amides is 1. The standard InChI is InChI=1S/C28H31N5OS/c1-19-6-11-24(20(2)15-19)25-16-26-27(29-12-14-33(26)31-25)32-13-4-5-22(18-32)28(34)30-17-21-7-9-23(35-3)10-8-21/h6-12,14-16,22H,4-5,13,17-18H2,1-3H3,(H,30,34)/t22-/m0/s1. The van der Waals surface area contributed by atoms with Gasteiger partial charge in [-0.15, -0.1) is 11.8 Å². The first-order valence-corrected chi connectivity index (χ1v) is 13.3. The van der Waals surface area contributed by atoms with E-state index in [1.807, 2.05) is 10.7 Å². The van der Waals surface area contributed by atoms with Crippen LogP contribution >= 0.6 is 11.8 Å². The van der Waals surface area contributed by atoms with E-state index in [1.165, 1.54) is 16.0 Å². The maximum absolute atomic E-state index is 13.0. The van der Waals surface area contributed by atoms with Gasteiger partial charge >= 0.3 is 0 Å². The van der Waals surface area contributed by atoms with E-state index in [0.717, 1.165) is 47.5 Å². The lowest BCUT2D eigenvalue weighted by molar-refractivity contribution is -0.125. The van der Waals surface area contributed by atoms with Crippen molar-refractivity contribution in [1.82, 2.24) is 19.9 Å². The van der Waals surface area contributed by atoms with E-state index in [0.29, 0.717) is 13.1 Å². The number of fused-ring (bicyclic) bond motifs is 1. The largest absolute Gasteiger partial charge is 0.354 e. The van der Waals surface area contributed by atoms with Crippen LogP contribution in [0, 0.1) is 19.8 Å². The zero-order valence-corrected chi connectivity index (χ0v) is 21.3. The van der Waals surface area contributed by atoms with E-state index in [4.69, 9.17) is 10.1 Å². The van der Waals surface area contributed by atoms with E-state index in [9.17, 15) is 4.79 Å². The van der Waals surface area contributed by atoms with Gasteiger partial charge < -0.3 is 10.2 Å². The van der Waals surface area contributed by atoms with Crippen molar-refractivity contribution < 1.29 is 4.79 Å². The quantitative estimate of drug-likeness (QED) is 0.377. The molecule has 1 aliphatic rings. The molecule has 0 unspecified atom stereocenters. The van der Waals surface area contributed by atoms with Gasteiger partial charge in [0.15, 0.2) is 5.82 Å². The molecule has 1 saturated heterocycles. The van der Waals surface area contributed by atoms with Crippen molar-refractivity contribution in [2.24, 2.45) is 5.92 Å². The van der Waals surface area contributed by atoms with E-state index in [2.05, 4.69) is 78.9 Å². The first-order valence-electron chi connectivity index (χ1n) is 12.1. The first kappa shape index (κ1) is 23.4. The van der Waals surface area contributed by atoms with Gasteiger partial charge in [-0.3, -0.25) is 4.79 Å². The number of hydrogen-bond acceptors (Lipinski definition) is 5. The van der Waals surface area contributed by atoms with Crippen molar-refractivity contribution in [2.75, 3.05) is 24.2 Å². The fraction of sp³-hybridized carbons (Fsp3) is 0.321. The molecule has 0 radical (unpaired) electrons. The summed E-state index contributed by atoms with van der Waals surface area (Å²) in [5, 5.41) is 7.97. The molecule has 4 aromatic rings. The van der Waals surface area contributed by atoms with Crippen molar-refractivity contribution in [1.29, 1.82) is 0 Å². The highest BCUT2D eigenvalue weighted by Crippen LogP contribution is 2.30. The number of carbonyl (C=O) groups excluding carboxylic acids is 1. The van der Waals surface area contributed by atoms with Gasteiger partial charge in [-0.2, -0.15) is 5.10 Å². The number of rotatable bonds is 6. The summed E-state index contributed by atoms with van der Waals surface area (Å²) in [6.07, 6.45) is 7.60. The van der Waals surface area contributed by atoms with Crippen LogP contribution in [0.3, 0.4) is 0 Å². The van der Waals surface area contributed by atoms with Crippen molar-refractivity contribution >= 4 is 29.0 Å². The molecule has 2 aromatic carbocycles. The van der Waals surface area contributed by atoms with Crippen molar-refractivity contribution in [3.8, 4) is 11.3 Å². The Balaban J connectivity index is 1.32. The van der Waals surface area contributed by atoms with Crippen molar-refractivity contribution in [3.63, 3.8) is 0 Å². The van der Waals surface area contributed by atoms with Gasteiger partial charge in [0, 0.05) is 42.5 Å². The molecular weight excluding hydrogens is 454 g/mol. The third-order valence-electron chi connectivity index (χ3n) is 6.74. The third-order valence-corrected chi connectivity index (χ3v) is 7.49. The molecule has 0 bridgehead atoms.